The van der Waals surface area contributed by atoms with E-state index in [1.54, 1.807) is 7.11 Å². The van der Waals surface area contributed by atoms with Crippen LogP contribution in [-0.4, -0.2) is 24.8 Å². The molecule has 4 heteroatoms. The number of rotatable bonds is 6. The first-order valence-electron chi connectivity index (χ1n) is 6.22. The summed E-state index contributed by atoms with van der Waals surface area (Å²) in [6, 6.07) is 6.03. The van der Waals surface area contributed by atoms with Crippen LogP contribution in [0.5, 0.6) is 0 Å². The second-order valence-corrected chi connectivity index (χ2v) is 4.83. The molecule has 1 aromatic heterocycles. The molecule has 0 spiro atoms. The highest BCUT2D eigenvalue weighted by molar-refractivity contribution is 6.31. The molecule has 0 aliphatic heterocycles. The van der Waals surface area contributed by atoms with E-state index in [0.717, 1.165) is 31.0 Å². The number of methoxy groups -OCH3 is 1. The van der Waals surface area contributed by atoms with Crippen LogP contribution >= 0.6 is 11.6 Å². The van der Waals surface area contributed by atoms with Gasteiger partial charge < -0.3 is 15.0 Å². The number of ether oxygens (including phenoxy) is 1. The SMILES string of the molecule is COCCCn1cc(CCN)c2ccc(Cl)cc21. The first-order valence-corrected chi connectivity index (χ1v) is 6.60. The van der Waals surface area contributed by atoms with Crippen molar-refractivity contribution >= 4 is 22.5 Å². The van der Waals surface area contributed by atoms with Crippen LogP contribution in [0.4, 0.5) is 0 Å². The summed E-state index contributed by atoms with van der Waals surface area (Å²) in [5.41, 5.74) is 8.13. The van der Waals surface area contributed by atoms with Crippen LogP contribution in [0.25, 0.3) is 10.9 Å². The van der Waals surface area contributed by atoms with Crippen molar-refractivity contribution in [2.45, 2.75) is 19.4 Å². The zero-order chi connectivity index (χ0) is 13.0. The van der Waals surface area contributed by atoms with Crippen LogP contribution < -0.4 is 5.73 Å². The predicted octanol–water partition coefficient (Wildman–Crippen LogP) is 2.83. The third-order valence-corrected chi connectivity index (χ3v) is 3.32. The van der Waals surface area contributed by atoms with Gasteiger partial charge in [0.1, 0.15) is 0 Å². The quantitative estimate of drug-likeness (QED) is 0.817. The predicted molar refractivity (Wildman–Crippen MR) is 76.2 cm³/mol. The van der Waals surface area contributed by atoms with E-state index in [-0.39, 0.29) is 0 Å². The van der Waals surface area contributed by atoms with Crippen molar-refractivity contribution in [3.63, 3.8) is 0 Å². The van der Waals surface area contributed by atoms with Crippen LogP contribution in [-0.2, 0) is 17.7 Å². The summed E-state index contributed by atoms with van der Waals surface area (Å²) in [5.74, 6) is 0. The molecule has 0 saturated heterocycles. The minimum absolute atomic E-state index is 0.666. The lowest BCUT2D eigenvalue weighted by molar-refractivity contribution is 0.190. The zero-order valence-electron chi connectivity index (χ0n) is 10.7. The number of nitrogens with zero attached hydrogens (tertiary/aromatic N) is 1. The lowest BCUT2D eigenvalue weighted by atomic mass is 10.1. The second-order valence-electron chi connectivity index (χ2n) is 4.39. The summed E-state index contributed by atoms with van der Waals surface area (Å²) in [6.07, 6.45) is 4.08. The van der Waals surface area contributed by atoms with Crippen molar-refractivity contribution in [1.82, 2.24) is 4.57 Å². The number of hydrogen-bond acceptors (Lipinski definition) is 2. The van der Waals surface area contributed by atoms with Gasteiger partial charge in [-0.15, -0.1) is 0 Å². The number of halogens is 1. The second kappa shape index (κ2) is 6.23. The Bertz CT molecular complexity index is 522. The maximum absolute atomic E-state index is 6.08. The van der Waals surface area contributed by atoms with Gasteiger partial charge in [-0.25, -0.2) is 0 Å². The molecule has 3 nitrogen and oxygen atoms in total. The molecule has 0 fully saturated rings. The normalized spacial score (nSPS) is 11.3. The molecule has 98 valence electrons. The van der Waals surface area contributed by atoms with E-state index in [1.165, 1.54) is 16.5 Å². The smallest absolute Gasteiger partial charge is 0.0498 e. The highest BCUT2D eigenvalue weighted by atomic mass is 35.5. The molecule has 0 unspecified atom stereocenters. The zero-order valence-corrected chi connectivity index (χ0v) is 11.4. The number of hydrogen-bond donors (Lipinski definition) is 1. The van der Waals surface area contributed by atoms with Crippen LogP contribution in [0.2, 0.25) is 5.02 Å². The van der Waals surface area contributed by atoms with Crippen molar-refractivity contribution in [2.24, 2.45) is 5.73 Å². The van der Waals surface area contributed by atoms with E-state index in [0.29, 0.717) is 6.54 Å². The fraction of sp³-hybridized carbons (Fsp3) is 0.429. The van der Waals surface area contributed by atoms with E-state index in [4.69, 9.17) is 22.1 Å². The molecule has 0 radical (unpaired) electrons. The molecule has 0 saturated carbocycles. The fourth-order valence-corrected chi connectivity index (χ4v) is 2.43. The minimum Gasteiger partial charge on any atom is -0.385 e. The number of nitrogens with two attached hydrogens (primary N) is 1. The maximum Gasteiger partial charge on any atom is 0.0498 e. The molecular formula is C14H19ClN2O. The Labute approximate surface area is 112 Å². The molecule has 0 aliphatic carbocycles. The highest BCUT2D eigenvalue weighted by Crippen LogP contribution is 2.25. The van der Waals surface area contributed by atoms with Crippen molar-refractivity contribution in [1.29, 1.82) is 0 Å². The van der Waals surface area contributed by atoms with Gasteiger partial charge in [0.15, 0.2) is 0 Å². The Hall–Kier alpha value is -1.03. The van der Waals surface area contributed by atoms with Crippen molar-refractivity contribution in [3.05, 3.63) is 35.0 Å². The van der Waals surface area contributed by atoms with E-state index in [2.05, 4.69) is 16.8 Å². The molecule has 1 heterocycles. The first kappa shape index (κ1) is 13.4. The van der Waals surface area contributed by atoms with E-state index >= 15 is 0 Å². The van der Waals surface area contributed by atoms with Gasteiger partial charge in [-0.3, -0.25) is 0 Å². The van der Waals surface area contributed by atoms with Gasteiger partial charge in [0.05, 0.1) is 0 Å². The van der Waals surface area contributed by atoms with Crippen LogP contribution in [0.15, 0.2) is 24.4 Å². The molecule has 2 rings (SSSR count). The highest BCUT2D eigenvalue weighted by Gasteiger charge is 2.08. The average Bonchev–Trinajstić information content (AvgIpc) is 2.68. The van der Waals surface area contributed by atoms with Gasteiger partial charge in [-0.2, -0.15) is 0 Å². The van der Waals surface area contributed by atoms with Gasteiger partial charge in [0, 0.05) is 42.4 Å². The number of benzene rings is 1. The summed E-state index contributed by atoms with van der Waals surface area (Å²) in [5, 5.41) is 2.02. The molecule has 1 aromatic carbocycles. The summed E-state index contributed by atoms with van der Waals surface area (Å²) < 4.78 is 7.34. The number of aryl methyl sites for hydroxylation is 1. The van der Waals surface area contributed by atoms with Crippen LogP contribution in [0.1, 0.15) is 12.0 Å². The lowest BCUT2D eigenvalue weighted by Crippen LogP contribution is -2.02. The molecule has 0 atom stereocenters. The Morgan fingerprint density at radius 1 is 1.39 bits per heavy atom. The molecule has 2 aromatic rings. The summed E-state index contributed by atoms with van der Waals surface area (Å²) in [6.45, 7) is 2.38. The Morgan fingerprint density at radius 2 is 2.22 bits per heavy atom. The molecule has 18 heavy (non-hydrogen) atoms. The fourth-order valence-electron chi connectivity index (χ4n) is 2.26. The van der Waals surface area contributed by atoms with Gasteiger partial charge in [-0.05, 0) is 37.1 Å². The van der Waals surface area contributed by atoms with Crippen LogP contribution in [0.3, 0.4) is 0 Å². The van der Waals surface area contributed by atoms with Crippen LogP contribution in [0, 0.1) is 0 Å². The van der Waals surface area contributed by atoms with Gasteiger partial charge in [0.2, 0.25) is 0 Å². The third kappa shape index (κ3) is 2.86. The van der Waals surface area contributed by atoms with E-state index < -0.39 is 0 Å². The topological polar surface area (TPSA) is 40.2 Å². The van der Waals surface area contributed by atoms with Crippen molar-refractivity contribution in [2.75, 3.05) is 20.3 Å². The van der Waals surface area contributed by atoms with Gasteiger partial charge >= 0.3 is 0 Å². The van der Waals surface area contributed by atoms with Crippen molar-refractivity contribution < 1.29 is 4.74 Å². The summed E-state index contributed by atoms with van der Waals surface area (Å²) in [7, 11) is 1.73. The van der Waals surface area contributed by atoms with E-state index in [1.807, 2.05) is 12.1 Å². The Morgan fingerprint density at radius 3 is 2.94 bits per heavy atom. The van der Waals surface area contributed by atoms with Gasteiger partial charge in [-0.1, -0.05) is 17.7 Å². The molecule has 0 aliphatic rings. The third-order valence-electron chi connectivity index (χ3n) is 3.09. The number of fused-ring (bicyclic) bond motifs is 1. The molecule has 0 bridgehead atoms. The summed E-state index contributed by atoms with van der Waals surface area (Å²) >= 11 is 6.08. The Balaban J connectivity index is 2.35. The maximum atomic E-state index is 6.08. The van der Waals surface area contributed by atoms with E-state index in [9.17, 15) is 0 Å². The largest absolute Gasteiger partial charge is 0.385 e. The average molecular weight is 267 g/mol. The monoisotopic (exact) mass is 266 g/mol. The van der Waals surface area contributed by atoms with Crippen molar-refractivity contribution in [3.8, 4) is 0 Å². The Kier molecular flexibility index (Phi) is 4.64. The molecule has 2 N–H and O–H groups in total. The van der Waals surface area contributed by atoms with Gasteiger partial charge in [0.25, 0.3) is 0 Å². The molecule has 0 amide bonds. The standard InChI is InChI=1S/C14H19ClN2O/c1-18-8-2-7-17-10-11(5-6-16)13-4-3-12(15)9-14(13)17/h3-4,9-10H,2,5-8,16H2,1H3. The number of aromatic nitrogens is 1. The minimum atomic E-state index is 0.666. The molecular weight excluding hydrogens is 248 g/mol. The first-order chi connectivity index (χ1) is 8.76. The summed E-state index contributed by atoms with van der Waals surface area (Å²) in [4.78, 5) is 0. The lowest BCUT2D eigenvalue weighted by Gasteiger charge is -2.04.